The second-order valence-electron chi connectivity index (χ2n) is 13.3. The van der Waals surface area contributed by atoms with E-state index in [4.69, 9.17) is 30.4 Å². The number of hydrogen-bond donors (Lipinski definition) is 2. The van der Waals surface area contributed by atoms with Gasteiger partial charge >= 0.3 is 0 Å². The average Bonchev–Trinajstić information content (AvgIpc) is 4.13. The van der Waals surface area contributed by atoms with Gasteiger partial charge in [-0.25, -0.2) is 39.3 Å². The van der Waals surface area contributed by atoms with Gasteiger partial charge in [-0.3, -0.25) is 0 Å². The molecule has 10 rings (SSSR count). The van der Waals surface area contributed by atoms with Crippen LogP contribution in [0.1, 0.15) is 74.1 Å². The standard InChI is InChI=1S/C18H20N6O2.C18H18N6O2/c2*19-16-15-17(22-10-21-16)24(13-1-2-13)23-18(15)26-14-9-12(3-6-20-14)11-4-7-25-8-5-11/h3,6,9-11,13H,1-2,4-5,7-8H2,(H2,19,21,22);3-4,6,9-10,13H,1-2,5,7-8H2,(H2,19,21,22). The summed E-state index contributed by atoms with van der Waals surface area (Å²) in [5, 5.41) is 10.5. The molecule has 52 heavy (non-hydrogen) atoms. The maximum absolute atomic E-state index is 6.07. The summed E-state index contributed by atoms with van der Waals surface area (Å²) in [6.45, 7) is 2.97. The number of nitrogen functional groups attached to an aromatic ring is 2. The summed E-state index contributed by atoms with van der Waals surface area (Å²) in [4.78, 5) is 25.5. The van der Waals surface area contributed by atoms with Crippen molar-refractivity contribution in [3.63, 3.8) is 0 Å². The van der Waals surface area contributed by atoms with Crippen LogP contribution in [0, 0.1) is 0 Å². The smallest absolute Gasteiger partial charge is 0.253 e. The zero-order valence-corrected chi connectivity index (χ0v) is 28.5. The van der Waals surface area contributed by atoms with Crippen molar-refractivity contribution in [2.45, 2.75) is 62.9 Å². The molecule has 4 N–H and O–H groups in total. The Balaban J connectivity index is 0.000000138. The lowest BCUT2D eigenvalue weighted by atomic mass is 9.92. The first-order valence-electron chi connectivity index (χ1n) is 17.7. The fraction of sp³-hybridized carbons (Fsp3) is 0.389. The van der Waals surface area contributed by atoms with Gasteiger partial charge in [0.05, 0.1) is 25.3 Å². The van der Waals surface area contributed by atoms with E-state index in [0.29, 0.717) is 76.2 Å². The van der Waals surface area contributed by atoms with Gasteiger partial charge in [-0.2, -0.15) is 0 Å². The molecule has 0 bridgehead atoms. The maximum atomic E-state index is 6.07. The van der Waals surface area contributed by atoms with Crippen LogP contribution in [0.2, 0.25) is 0 Å². The zero-order valence-electron chi connectivity index (χ0n) is 28.5. The van der Waals surface area contributed by atoms with Crippen LogP contribution in [-0.2, 0) is 9.47 Å². The Morgan fingerprint density at radius 1 is 0.654 bits per heavy atom. The monoisotopic (exact) mass is 702 g/mol. The first-order chi connectivity index (χ1) is 25.6. The normalized spacial score (nSPS) is 17.8. The second kappa shape index (κ2) is 13.8. The van der Waals surface area contributed by atoms with E-state index in [1.165, 1.54) is 23.8 Å². The molecule has 0 spiro atoms. The van der Waals surface area contributed by atoms with E-state index < -0.39 is 0 Å². The van der Waals surface area contributed by atoms with E-state index in [1.54, 1.807) is 12.4 Å². The highest BCUT2D eigenvalue weighted by Gasteiger charge is 2.31. The van der Waals surface area contributed by atoms with Crippen LogP contribution in [0.3, 0.4) is 0 Å². The molecule has 0 aromatic carbocycles. The number of aromatic nitrogens is 10. The fourth-order valence-electron chi connectivity index (χ4n) is 6.64. The topological polar surface area (TPSA) is 202 Å². The number of hydrogen-bond acceptors (Lipinski definition) is 14. The highest BCUT2D eigenvalue weighted by atomic mass is 16.5. The Bertz CT molecular complexity index is 2270. The lowest BCUT2D eigenvalue weighted by Crippen LogP contribution is -2.14. The van der Waals surface area contributed by atoms with Crippen LogP contribution in [-0.4, -0.2) is 75.9 Å². The molecule has 1 saturated heterocycles. The number of pyridine rings is 2. The number of nitrogens with zero attached hydrogens (tertiary/aromatic N) is 10. The molecule has 0 amide bonds. The SMILES string of the molecule is Nc1ncnc2c1c(Oc1cc(C3=CCOCC3)ccn1)nn2C1CC1.Nc1ncnc2c1c(Oc1cc(C3CCOCC3)ccn1)nn2C1CC1. The number of nitrogens with two attached hydrogens (primary N) is 2. The van der Waals surface area contributed by atoms with Crippen LogP contribution in [0.15, 0.2) is 55.4 Å². The van der Waals surface area contributed by atoms with E-state index in [9.17, 15) is 0 Å². The van der Waals surface area contributed by atoms with Crippen molar-refractivity contribution in [3.8, 4) is 23.5 Å². The molecule has 2 aliphatic carbocycles. The predicted molar refractivity (Wildman–Crippen MR) is 191 cm³/mol. The highest BCUT2D eigenvalue weighted by molar-refractivity contribution is 5.91. The molecule has 0 radical (unpaired) electrons. The summed E-state index contributed by atoms with van der Waals surface area (Å²) >= 11 is 0. The van der Waals surface area contributed by atoms with E-state index in [1.807, 2.05) is 33.6 Å². The van der Waals surface area contributed by atoms with E-state index >= 15 is 0 Å². The Hall–Kier alpha value is -5.74. The summed E-state index contributed by atoms with van der Waals surface area (Å²) in [6.07, 6.45) is 15.8. The first kappa shape index (κ1) is 32.2. The van der Waals surface area contributed by atoms with Crippen molar-refractivity contribution in [1.29, 1.82) is 0 Å². The molecule has 2 saturated carbocycles. The van der Waals surface area contributed by atoms with Crippen LogP contribution >= 0.6 is 0 Å². The minimum atomic E-state index is 0.357. The predicted octanol–water partition coefficient (Wildman–Crippen LogP) is 5.56. The lowest BCUT2D eigenvalue weighted by molar-refractivity contribution is 0.0853. The van der Waals surface area contributed by atoms with Crippen LogP contribution in [0.25, 0.3) is 27.6 Å². The van der Waals surface area contributed by atoms with E-state index in [-0.39, 0.29) is 0 Å². The van der Waals surface area contributed by atoms with Crippen molar-refractivity contribution >= 4 is 39.3 Å². The fourth-order valence-corrected chi connectivity index (χ4v) is 6.64. The Kier molecular flexibility index (Phi) is 8.52. The molecule has 16 heteroatoms. The molecule has 0 unspecified atom stereocenters. The van der Waals surface area contributed by atoms with Crippen molar-refractivity contribution in [2.75, 3.05) is 37.9 Å². The molecular formula is C36H38N12O4. The molecule has 8 heterocycles. The molecule has 3 fully saturated rings. The average molecular weight is 703 g/mol. The van der Waals surface area contributed by atoms with E-state index in [2.05, 4.69) is 46.2 Å². The summed E-state index contributed by atoms with van der Waals surface area (Å²) in [5.41, 5.74) is 17.1. The third-order valence-electron chi connectivity index (χ3n) is 9.68. The maximum Gasteiger partial charge on any atom is 0.253 e. The molecular weight excluding hydrogens is 664 g/mol. The molecule has 2 aliphatic heterocycles. The van der Waals surface area contributed by atoms with Crippen molar-refractivity contribution in [3.05, 3.63) is 66.5 Å². The van der Waals surface area contributed by atoms with Crippen molar-refractivity contribution in [1.82, 2.24) is 49.5 Å². The Morgan fingerprint density at radius 3 is 1.83 bits per heavy atom. The number of anilines is 2. The van der Waals surface area contributed by atoms with E-state index in [0.717, 1.165) is 76.0 Å². The van der Waals surface area contributed by atoms with Crippen LogP contribution < -0.4 is 20.9 Å². The highest BCUT2D eigenvalue weighted by Crippen LogP contribution is 2.42. The van der Waals surface area contributed by atoms with Gasteiger partial charge in [0.25, 0.3) is 11.8 Å². The molecule has 6 aromatic rings. The summed E-state index contributed by atoms with van der Waals surface area (Å²) < 4.78 is 26.6. The van der Waals surface area contributed by atoms with Crippen molar-refractivity contribution < 1.29 is 18.9 Å². The zero-order chi connectivity index (χ0) is 35.0. The lowest BCUT2D eigenvalue weighted by Gasteiger charge is -2.22. The van der Waals surface area contributed by atoms with Gasteiger partial charge in [-0.1, -0.05) is 6.08 Å². The molecule has 16 nitrogen and oxygen atoms in total. The van der Waals surface area contributed by atoms with Crippen molar-refractivity contribution in [2.24, 2.45) is 0 Å². The minimum absolute atomic E-state index is 0.357. The molecule has 0 atom stereocenters. The minimum Gasteiger partial charge on any atom is -0.418 e. The third kappa shape index (κ3) is 6.57. The van der Waals surface area contributed by atoms with Crippen LogP contribution in [0.5, 0.6) is 23.5 Å². The molecule has 6 aromatic heterocycles. The van der Waals surface area contributed by atoms with Gasteiger partial charge in [0.2, 0.25) is 11.8 Å². The van der Waals surface area contributed by atoms with Gasteiger partial charge in [-0.15, -0.1) is 10.2 Å². The summed E-state index contributed by atoms with van der Waals surface area (Å²) in [7, 11) is 0. The number of rotatable bonds is 8. The summed E-state index contributed by atoms with van der Waals surface area (Å²) in [5.74, 6) is 3.01. The largest absolute Gasteiger partial charge is 0.418 e. The molecule has 4 aliphatic rings. The van der Waals surface area contributed by atoms with Gasteiger partial charge in [-0.05, 0) is 79.7 Å². The van der Waals surface area contributed by atoms with Crippen LogP contribution in [0.4, 0.5) is 11.6 Å². The summed E-state index contributed by atoms with van der Waals surface area (Å²) in [6, 6.07) is 8.64. The molecule has 266 valence electrons. The number of fused-ring (bicyclic) bond motifs is 2. The second-order valence-corrected chi connectivity index (χ2v) is 13.3. The van der Waals surface area contributed by atoms with Gasteiger partial charge in [0, 0.05) is 37.7 Å². The quantitative estimate of drug-likeness (QED) is 0.200. The number of ether oxygens (including phenoxy) is 4. The Labute approximate surface area is 298 Å². The Morgan fingerprint density at radius 2 is 1.25 bits per heavy atom. The first-order valence-corrected chi connectivity index (χ1v) is 17.7. The van der Waals surface area contributed by atoms with Gasteiger partial charge < -0.3 is 30.4 Å². The van der Waals surface area contributed by atoms with Gasteiger partial charge in [0.1, 0.15) is 35.1 Å². The van der Waals surface area contributed by atoms with Gasteiger partial charge in [0.15, 0.2) is 11.3 Å². The third-order valence-corrected chi connectivity index (χ3v) is 9.68.